The van der Waals surface area contributed by atoms with Crippen LogP contribution in [0.2, 0.25) is 0 Å². The van der Waals surface area contributed by atoms with E-state index < -0.39 is 0 Å². The number of halogens is 1. The van der Waals surface area contributed by atoms with Gasteiger partial charge in [0.25, 0.3) is 0 Å². The normalized spacial score (nSPS) is 10.9. The van der Waals surface area contributed by atoms with Gasteiger partial charge in [0.1, 0.15) is 17.0 Å². The number of hydrogen-bond donors (Lipinski definition) is 1. The number of thiophene rings is 1. The van der Waals surface area contributed by atoms with E-state index in [1.165, 1.54) is 4.88 Å². The van der Waals surface area contributed by atoms with E-state index in [2.05, 4.69) is 28.3 Å². The highest BCUT2D eigenvalue weighted by molar-refractivity contribution is 7.18. The van der Waals surface area contributed by atoms with Crippen molar-refractivity contribution in [1.82, 2.24) is 9.97 Å². The third-order valence-electron chi connectivity index (χ3n) is 3.07. The molecule has 0 saturated heterocycles. The second-order valence-electron chi connectivity index (χ2n) is 4.47. The van der Waals surface area contributed by atoms with Crippen molar-refractivity contribution in [3.8, 4) is 0 Å². The van der Waals surface area contributed by atoms with Crippen LogP contribution >= 0.6 is 22.9 Å². The Morgan fingerprint density at radius 3 is 2.95 bits per heavy atom. The lowest BCUT2D eigenvalue weighted by Crippen LogP contribution is -1.95. The van der Waals surface area contributed by atoms with E-state index in [4.69, 9.17) is 11.6 Å². The molecule has 0 bridgehead atoms. The number of anilines is 2. The fourth-order valence-corrected chi connectivity index (χ4v) is 3.15. The van der Waals surface area contributed by atoms with Crippen molar-refractivity contribution in [1.29, 1.82) is 0 Å². The third-order valence-corrected chi connectivity index (χ3v) is 4.57. The van der Waals surface area contributed by atoms with Gasteiger partial charge in [-0.2, -0.15) is 0 Å². The number of nitrogens with zero attached hydrogens (tertiary/aromatic N) is 2. The maximum absolute atomic E-state index is 5.87. The van der Waals surface area contributed by atoms with E-state index in [-0.39, 0.29) is 0 Å². The van der Waals surface area contributed by atoms with Crippen LogP contribution in [0.5, 0.6) is 0 Å². The number of alkyl halides is 1. The molecule has 5 heteroatoms. The number of nitrogens with one attached hydrogen (secondary N) is 1. The Labute approximate surface area is 126 Å². The molecule has 20 heavy (non-hydrogen) atoms. The van der Waals surface area contributed by atoms with Crippen LogP contribution < -0.4 is 5.32 Å². The molecule has 1 N–H and O–H groups in total. The van der Waals surface area contributed by atoms with E-state index in [1.807, 2.05) is 24.3 Å². The maximum atomic E-state index is 5.87. The fourth-order valence-electron chi connectivity index (χ4n) is 2.05. The number of hydrogen-bond acceptors (Lipinski definition) is 4. The molecular weight excluding hydrogens is 290 g/mol. The topological polar surface area (TPSA) is 37.8 Å². The van der Waals surface area contributed by atoms with Crippen LogP contribution in [0.1, 0.15) is 17.4 Å². The SMILES string of the molecule is CCc1cc2c(Nc3cccc(CCl)c3)ncnc2s1. The lowest BCUT2D eigenvalue weighted by molar-refractivity contribution is 1.19. The van der Waals surface area contributed by atoms with Gasteiger partial charge in [0.05, 0.1) is 5.39 Å². The van der Waals surface area contributed by atoms with Crippen LogP contribution in [-0.4, -0.2) is 9.97 Å². The second kappa shape index (κ2) is 5.77. The van der Waals surface area contributed by atoms with Gasteiger partial charge in [0.15, 0.2) is 0 Å². The summed E-state index contributed by atoms with van der Waals surface area (Å²) in [5.41, 5.74) is 2.08. The van der Waals surface area contributed by atoms with E-state index in [9.17, 15) is 0 Å². The van der Waals surface area contributed by atoms with E-state index in [0.29, 0.717) is 5.88 Å². The Hall–Kier alpha value is -1.65. The molecule has 3 nitrogen and oxygen atoms in total. The first-order chi connectivity index (χ1) is 9.80. The Morgan fingerprint density at radius 2 is 2.15 bits per heavy atom. The number of benzene rings is 1. The van der Waals surface area contributed by atoms with Gasteiger partial charge in [-0.15, -0.1) is 22.9 Å². The molecule has 0 fully saturated rings. The minimum atomic E-state index is 0.507. The molecule has 0 spiro atoms. The lowest BCUT2D eigenvalue weighted by atomic mass is 10.2. The van der Waals surface area contributed by atoms with Crippen molar-refractivity contribution < 1.29 is 0 Å². The first-order valence-corrected chi connectivity index (χ1v) is 7.80. The van der Waals surface area contributed by atoms with Crippen LogP contribution in [-0.2, 0) is 12.3 Å². The lowest BCUT2D eigenvalue weighted by Gasteiger charge is -2.07. The minimum absolute atomic E-state index is 0.507. The van der Waals surface area contributed by atoms with E-state index in [0.717, 1.165) is 33.7 Å². The summed E-state index contributed by atoms with van der Waals surface area (Å²) < 4.78 is 0. The summed E-state index contributed by atoms with van der Waals surface area (Å²) in [5.74, 6) is 1.35. The molecule has 3 aromatic rings. The summed E-state index contributed by atoms with van der Waals surface area (Å²) in [6.07, 6.45) is 2.62. The molecule has 0 aliphatic heterocycles. The third kappa shape index (κ3) is 2.62. The predicted octanol–water partition coefficient (Wildman–Crippen LogP) is 4.74. The fraction of sp³-hybridized carbons (Fsp3) is 0.200. The summed E-state index contributed by atoms with van der Waals surface area (Å²) in [5, 5.41) is 4.43. The summed E-state index contributed by atoms with van der Waals surface area (Å²) in [6, 6.07) is 10.2. The highest BCUT2D eigenvalue weighted by Crippen LogP contribution is 2.30. The summed E-state index contributed by atoms with van der Waals surface area (Å²) in [6.45, 7) is 2.15. The number of aryl methyl sites for hydroxylation is 1. The maximum Gasteiger partial charge on any atom is 0.142 e. The zero-order valence-electron chi connectivity index (χ0n) is 11.1. The summed E-state index contributed by atoms with van der Waals surface area (Å²) in [4.78, 5) is 11.0. The van der Waals surface area contributed by atoms with Gasteiger partial charge < -0.3 is 5.32 Å². The van der Waals surface area contributed by atoms with Gasteiger partial charge in [-0.3, -0.25) is 0 Å². The van der Waals surface area contributed by atoms with Crippen LogP contribution in [0, 0.1) is 0 Å². The Kier molecular flexibility index (Phi) is 3.85. The highest BCUT2D eigenvalue weighted by Gasteiger charge is 2.08. The summed E-state index contributed by atoms with van der Waals surface area (Å²) in [7, 11) is 0. The Balaban J connectivity index is 1.99. The molecule has 2 heterocycles. The molecule has 0 aliphatic carbocycles. The van der Waals surface area contributed by atoms with Crippen molar-refractivity contribution in [2.75, 3.05) is 5.32 Å². The van der Waals surface area contributed by atoms with Crippen molar-refractivity contribution in [2.45, 2.75) is 19.2 Å². The Bertz CT molecular complexity index is 739. The number of fused-ring (bicyclic) bond motifs is 1. The molecule has 0 radical (unpaired) electrons. The van der Waals surface area contributed by atoms with Gasteiger partial charge >= 0.3 is 0 Å². The first-order valence-electron chi connectivity index (χ1n) is 6.45. The standard InChI is InChI=1S/C15H14ClN3S/c1-2-12-7-13-14(17-9-18-15(13)20-12)19-11-5-3-4-10(6-11)8-16/h3-7,9H,2,8H2,1H3,(H,17,18,19). The molecular formula is C15H14ClN3S. The van der Waals surface area contributed by atoms with Crippen molar-refractivity contribution >= 4 is 44.7 Å². The average molecular weight is 304 g/mol. The Morgan fingerprint density at radius 1 is 1.25 bits per heavy atom. The highest BCUT2D eigenvalue weighted by atomic mass is 35.5. The zero-order chi connectivity index (χ0) is 13.9. The zero-order valence-corrected chi connectivity index (χ0v) is 12.6. The molecule has 0 unspecified atom stereocenters. The molecule has 3 rings (SSSR count). The minimum Gasteiger partial charge on any atom is -0.340 e. The van der Waals surface area contributed by atoms with Crippen LogP contribution in [0.15, 0.2) is 36.7 Å². The summed E-state index contributed by atoms with van der Waals surface area (Å²) >= 11 is 7.58. The molecule has 2 aromatic heterocycles. The molecule has 102 valence electrons. The van der Waals surface area contributed by atoms with Crippen molar-refractivity contribution in [2.24, 2.45) is 0 Å². The van der Waals surface area contributed by atoms with Crippen molar-refractivity contribution in [3.63, 3.8) is 0 Å². The van der Waals surface area contributed by atoms with Gasteiger partial charge in [-0.1, -0.05) is 19.1 Å². The van der Waals surface area contributed by atoms with E-state index >= 15 is 0 Å². The second-order valence-corrected chi connectivity index (χ2v) is 5.85. The molecule has 1 aromatic carbocycles. The monoisotopic (exact) mass is 303 g/mol. The number of aromatic nitrogens is 2. The quantitative estimate of drug-likeness (QED) is 0.708. The number of rotatable bonds is 4. The van der Waals surface area contributed by atoms with Gasteiger partial charge in [0, 0.05) is 16.4 Å². The largest absolute Gasteiger partial charge is 0.340 e. The van der Waals surface area contributed by atoms with Crippen LogP contribution in [0.4, 0.5) is 11.5 Å². The van der Waals surface area contributed by atoms with Gasteiger partial charge in [0.2, 0.25) is 0 Å². The molecule has 0 saturated carbocycles. The van der Waals surface area contributed by atoms with Crippen LogP contribution in [0.25, 0.3) is 10.2 Å². The average Bonchev–Trinajstić information content (AvgIpc) is 2.92. The van der Waals surface area contributed by atoms with E-state index in [1.54, 1.807) is 17.7 Å². The molecule has 0 atom stereocenters. The molecule has 0 amide bonds. The molecule has 0 aliphatic rings. The van der Waals surface area contributed by atoms with Gasteiger partial charge in [-0.25, -0.2) is 9.97 Å². The first kappa shape index (κ1) is 13.3. The predicted molar refractivity (Wildman–Crippen MR) is 86.1 cm³/mol. The van der Waals surface area contributed by atoms with Gasteiger partial charge in [-0.05, 0) is 30.2 Å². The van der Waals surface area contributed by atoms with Crippen LogP contribution in [0.3, 0.4) is 0 Å². The smallest absolute Gasteiger partial charge is 0.142 e. The van der Waals surface area contributed by atoms with Crippen molar-refractivity contribution in [3.05, 3.63) is 47.1 Å².